The number of hydrogen-bond acceptors (Lipinski definition) is 3. The second-order valence-corrected chi connectivity index (χ2v) is 3.88. The normalized spacial score (nSPS) is 17.2. The van der Waals surface area contributed by atoms with Gasteiger partial charge in [-0.05, 0) is 37.0 Å². The fourth-order valence-electron chi connectivity index (χ4n) is 1.99. The van der Waals surface area contributed by atoms with Gasteiger partial charge in [0, 0.05) is 18.8 Å². The molecule has 0 atom stereocenters. The highest BCUT2D eigenvalue weighted by Gasteiger charge is 2.09. The van der Waals surface area contributed by atoms with Gasteiger partial charge in [0.15, 0.2) is 0 Å². The minimum atomic E-state index is 0.929. The molecule has 0 aromatic heterocycles. The first-order valence-corrected chi connectivity index (χ1v) is 5.42. The van der Waals surface area contributed by atoms with Crippen LogP contribution < -0.4 is 4.90 Å². The highest BCUT2D eigenvalue weighted by molar-refractivity contribution is 5.79. The molecule has 1 aromatic carbocycles. The molecular formula is C12H16N2O. The number of benzene rings is 1. The third-order valence-electron chi connectivity index (χ3n) is 2.82. The molecule has 1 fully saturated rings. The summed E-state index contributed by atoms with van der Waals surface area (Å²) in [7, 11) is 0. The molecule has 0 unspecified atom stereocenters. The Bertz CT molecular complexity index is 326. The van der Waals surface area contributed by atoms with Crippen LogP contribution >= 0.6 is 0 Å². The first kappa shape index (κ1) is 10.0. The molecule has 80 valence electrons. The van der Waals surface area contributed by atoms with Crippen molar-refractivity contribution in [2.45, 2.75) is 19.3 Å². The van der Waals surface area contributed by atoms with Gasteiger partial charge in [-0.2, -0.15) is 0 Å². The lowest BCUT2D eigenvalue weighted by Gasteiger charge is -2.28. The average Bonchev–Trinajstić information content (AvgIpc) is 2.32. The fraction of sp³-hybridized carbons (Fsp3) is 0.417. The van der Waals surface area contributed by atoms with Gasteiger partial charge in [-0.1, -0.05) is 17.3 Å². The highest BCUT2D eigenvalue weighted by Crippen LogP contribution is 2.19. The molecule has 3 nitrogen and oxygen atoms in total. The Kier molecular flexibility index (Phi) is 3.22. The number of piperidine rings is 1. The smallest absolute Gasteiger partial charge is 0.0733 e. The Hall–Kier alpha value is -1.51. The van der Waals surface area contributed by atoms with Crippen molar-refractivity contribution in [3.05, 3.63) is 29.8 Å². The molecule has 2 rings (SSSR count). The summed E-state index contributed by atoms with van der Waals surface area (Å²) in [5.74, 6) is 0. The van der Waals surface area contributed by atoms with Gasteiger partial charge in [-0.15, -0.1) is 0 Å². The summed E-state index contributed by atoms with van der Waals surface area (Å²) < 4.78 is 0. The Morgan fingerprint density at radius 1 is 1.07 bits per heavy atom. The second kappa shape index (κ2) is 4.82. The fourth-order valence-corrected chi connectivity index (χ4v) is 1.99. The van der Waals surface area contributed by atoms with Crippen LogP contribution in [0.2, 0.25) is 0 Å². The van der Waals surface area contributed by atoms with E-state index in [9.17, 15) is 0 Å². The molecule has 0 saturated carbocycles. The predicted octanol–water partition coefficient (Wildman–Crippen LogP) is 2.49. The predicted molar refractivity (Wildman–Crippen MR) is 61.9 cm³/mol. The van der Waals surface area contributed by atoms with Crippen LogP contribution in [0.25, 0.3) is 0 Å². The second-order valence-electron chi connectivity index (χ2n) is 3.88. The van der Waals surface area contributed by atoms with E-state index in [-0.39, 0.29) is 0 Å². The van der Waals surface area contributed by atoms with Crippen molar-refractivity contribution < 1.29 is 5.21 Å². The maximum absolute atomic E-state index is 8.40. The van der Waals surface area contributed by atoms with Gasteiger partial charge in [-0.3, -0.25) is 0 Å². The molecule has 3 heteroatoms. The minimum absolute atomic E-state index is 0.929. The lowest BCUT2D eigenvalue weighted by molar-refractivity contribution is 0.322. The molecule has 1 aromatic rings. The maximum Gasteiger partial charge on any atom is 0.0733 e. The number of anilines is 1. The third kappa shape index (κ3) is 2.49. The van der Waals surface area contributed by atoms with Crippen molar-refractivity contribution in [2.75, 3.05) is 18.0 Å². The minimum Gasteiger partial charge on any atom is -0.411 e. The van der Waals surface area contributed by atoms with Crippen molar-refractivity contribution in [1.82, 2.24) is 0 Å². The molecule has 15 heavy (non-hydrogen) atoms. The molecule has 1 aliphatic heterocycles. The maximum atomic E-state index is 8.40. The Balaban J connectivity index is 2.08. The molecule has 1 N–H and O–H groups in total. The van der Waals surface area contributed by atoms with Crippen molar-refractivity contribution in [3.8, 4) is 0 Å². The first-order valence-electron chi connectivity index (χ1n) is 5.42. The number of hydrogen-bond donors (Lipinski definition) is 1. The summed E-state index contributed by atoms with van der Waals surface area (Å²) in [5.41, 5.74) is 2.20. The zero-order valence-electron chi connectivity index (χ0n) is 8.76. The average molecular weight is 204 g/mol. The molecule has 1 heterocycles. The lowest BCUT2D eigenvalue weighted by atomic mass is 10.1. The van der Waals surface area contributed by atoms with Crippen LogP contribution in [0.1, 0.15) is 24.8 Å². The third-order valence-corrected chi connectivity index (χ3v) is 2.82. The van der Waals surface area contributed by atoms with Crippen LogP contribution in [-0.2, 0) is 0 Å². The van der Waals surface area contributed by atoms with Crippen molar-refractivity contribution in [2.24, 2.45) is 5.16 Å². The van der Waals surface area contributed by atoms with Gasteiger partial charge >= 0.3 is 0 Å². The van der Waals surface area contributed by atoms with Gasteiger partial charge < -0.3 is 10.1 Å². The van der Waals surface area contributed by atoms with Gasteiger partial charge in [0.1, 0.15) is 0 Å². The quantitative estimate of drug-likeness (QED) is 0.456. The van der Waals surface area contributed by atoms with Gasteiger partial charge in [-0.25, -0.2) is 0 Å². The monoisotopic (exact) mass is 204 g/mol. The highest BCUT2D eigenvalue weighted by atomic mass is 16.4. The summed E-state index contributed by atoms with van der Waals surface area (Å²) in [4.78, 5) is 2.41. The summed E-state index contributed by atoms with van der Waals surface area (Å²) >= 11 is 0. The molecule has 0 bridgehead atoms. The van der Waals surface area contributed by atoms with Crippen molar-refractivity contribution in [1.29, 1.82) is 0 Å². The molecule has 0 radical (unpaired) electrons. The largest absolute Gasteiger partial charge is 0.411 e. The van der Waals surface area contributed by atoms with E-state index in [0.717, 1.165) is 18.7 Å². The Morgan fingerprint density at radius 2 is 1.73 bits per heavy atom. The van der Waals surface area contributed by atoms with Gasteiger partial charge in [0.05, 0.1) is 6.21 Å². The molecule has 0 amide bonds. The van der Waals surface area contributed by atoms with E-state index in [4.69, 9.17) is 5.21 Å². The van der Waals surface area contributed by atoms with E-state index < -0.39 is 0 Å². The van der Waals surface area contributed by atoms with E-state index in [1.165, 1.54) is 31.2 Å². The van der Waals surface area contributed by atoms with E-state index in [1.807, 2.05) is 12.1 Å². The van der Waals surface area contributed by atoms with Crippen molar-refractivity contribution in [3.63, 3.8) is 0 Å². The topological polar surface area (TPSA) is 35.8 Å². The van der Waals surface area contributed by atoms with Gasteiger partial charge in [0.25, 0.3) is 0 Å². The van der Waals surface area contributed by atoms with Crippen LogP contribution in [0.15, 0.2) is 29.4 Å². The molecule has 0 spiro atoms. The zero-order chi connectivity index (χ0) is 10.5. The lowest BCUT2D eigenvalue weighted by Crippen LogP contribution is -2.29. The SMILES string of the molecule is O/N=C\c1ccc(N2CCCCC2)cc1. The summed E-state index contributed by atoms with van der Waals surface area (Å²) in [5, 5.41) is 11.4. The molecule has 1 saturated heterocycles. The summed E-state index contributed by atoms with van der Waals surface area (Å²) in [6.45, 7) is 2.32. The van der Waals surface area contributed by atoms with E-state index in [1.54, 1.807) is 0 Å². The van der Waals surface area contributed by atoms with Crippen LogP contribution in [0.4, 0.5) is 5.69 Å². The molecular weight excluding hydrogens is 188 g/mol. The van der Waals surface area contributed by atoms with Crippen LogP contribution in [0.5, 0.6) is 0 Å². The van der Waals surface area contributed by atoms with Crippen LogP contribution in [0, 0.1) is 0 Å². The van der Waals surface area contributed by atoms with Crippen molar-refractivity contribution >= 4 is 11.9 Å². The van der Waals surface area contributed by atoms with Crippen LogP contribution in [0.3, 0.4) is 0 Å². The van der Waals surface area contributed by atoms with E-state index in [0.29, 0.717) is 0 Å². The Labute approximate surface area is 90.0 Å². The summed E-state index contributed by atoms with van der Waals surface area (Å²) in [6, 6.07) is 8.12. The number of nitrogens with zero attached hydrogens (tertiary/aromatic N) is 2. The first-order chi connectivity index (χ1) is 7.40. The molecule has 0 aliphatic carbocycles. The van der Waals surface area contributed by atoms with E-state index in [2.05, 4.69) is 22.2 Å². The summed E-state index contributed by atoms with van der Waals surface area (Å²) in [6.07, 6.45) is 5.38. The standard InChI is InChI=1S/C12H16N2O/c15-13-10-11-4-6-12(7-5-11)14-8-2-1-3-9-14/h4-7,10,15H,1-3,8-9H2/b13-10-. The van der Waals surface area contributed by atoms with Gasteiger partial charge in [0.2, 0.25) is 0 Å². The number of rotatable bonds is 2. The molecule has 1 aliphatic rings. The van der Waals surface area contributed by atoms with Crippen LogP contribution in [-0.4, -0.2) is 24.5 Å². The Morgan fingerprint density at radius 3 is 2.33 bits per heavy atom. The number of oxime groups is 1. The zero-order valence-corrected chi connectivity index (χ0v) is 8.76. The van der Waals surface area contributed by atoms with E-state index >= 15 is 0 Å².